The number of methoxy groups -OCH3 is 3. The van der Waals surface area contributed by atoms with E-state index < -0.39 is 28.9 Å². The molecule has 222 valence electrons. The Hall–Kier alpha value is -4.82. The number of Topliss-reactive ketones (excluding diaryl/α,β-unsaturated/α-hetero) is 1. The lowest BCUT2D eigenvalue weighted by molar-refractivity contribution is -0.164. The molecule has 0 spiro atoms. The average molecular weight is 583 g/mol. The van der Waals surface area contributed by atoms with Gasteiger partial charge >= 0.3 is 5.97 Å². The van der Waals surface area contributed by atoms with Gasteiger partial charge in [-0.25, -0.2) is 0 Å². The van der Waals surface area contributed by atoms with Gasteiger partial charge in [0.1, 0.15) is 29.6 Å². The average Bonchev–Trinajstić information content (AvgIpc) is 3.04. The summed E-state index contributed by atoms with van der Waals surface area (Å²) >= 11 is 0. The van der Waals surface area contributed by atoms with Crippen molar-refractivity contribution in [1.82, 2.24) is 0 Å². The van der Waals surface area contributed by atoms with E-state index in [-0.39, 0.29) is 30.1 Å². The monoisotopic (exact) mass is 582 g/mol. The van der Waals surface area contributed by atoms with Crippen LogP contribution in [0.4, 0.5) is 0 Å². The van der Waals surface area contributed by atoms with Crippen molar-refractivity contribution in [3.63, 3.8) is 0 Å². The highest BCUT2D eigenvalue weighted by Gasteiger charge is 2.61. The fourth-order valence-corrected chi connectivity index (χ4v) is 5.70. The van der Waals surface area contributed by atoms with E-state index in [0.717, 1.165) is 5.56 Å². The second-order valence-electron chi connectivity index (χ2n) is 10.5. The number of rotatable bonds is 10. The Morgan fingerprint density at radius 2 is 1.51 bits per heavy atom. The largest absolute Gasteiger partial charge is 0.497 e. The van der Waals surface area contributed by atoms with Gasteiger partial charge in [0, 0.05) is 23.6 Å². The first-order chi connectivity index (χ1) is 20.7. The highest BCUT2D eigenvalue weighted by molar-refractivity contribution is 6.00. The predicted molar refractivity (Wildman–Crippen MR) is 159 cm³/mol. The quantitative estimate of drug-likeness (QED) is 0.238. The number of benzene rings is 4. The van der Waals surface area contributed by atoms with Crippen LogP contribution >= 0.6 is 0 Å². The second-order valence-corrected chi connectivity index (χ2v) is 10.5. The standard InChI is InChI=1S/C35H34O8/c1-34(38)32-29(40-3)19-27(42-22-23-11-7-5-8-12-23)20-30(32)43-35(33(34)37,25-15-17-26(39-2)18-16-25)28(21-31(36)41-4)24-13-9-6-10-14-24/h5-20,28,38H,21-22H2,1-4H3/t28?,34-,35+/m1/s1. The first-order valence-electron chi connectivity index (χ1n) is 13.9. The van der Waals surface area contributed by atoms with E-state index in [1.54, 1.807) is 43.5 Å². The summed E-state index contributed by atoms with van der Waals surface area (Å²) in [6.45, 7) is 1.69. The minimum Gasteiger partial charge on any atom is -0.497 e. The summed E-state index contributed by atoms with van der Waals surface area (Å²) in [7, 11) is 4.29. The van der Waals surface area contributed by atoms with Gasteiger partial charge in [-0.1, -0.05) is 72.8 Å². The number of carbonyl (C=O) groups is 2. The number of aliphatic hydroxyl groups is 1. The molecule has 3 atom stereocenters. The smallest absolute Gasteiger partial charge is 0.306 e. The van der Waals surface area contributed by atoms with E-state index in [0.29, 0.717) is 22.6 Å². The Kier molecular flexibility index (Phi) is 8.41. The van der Waals surface area contributed by atoms with Gasteiger partial charge in [-0.05, 0) is 30.2 Å². The third-order valence-electron chi connectivity index (χ3n) is 7.85. The van der Waals surface area contributed by atoms with Gasteiger partial charge in [0.05, 0.1) is 33.3 Å². The van der Waals surface area contributed by atoms with E-state index in [2.05, 4.69) is 0 Å². The summed E-state index contributed by atoms with van der Waals surface area (Å²) < 4.78 is 29.0. The fraction of sp³-hybridized carbons (Fsp3) is 0.257. The molecule has 1 N–H and O–H groups in total. The molecule has 0 aliphatic carbocycles. The Morgan fingerprint density at radius 3 is 2.12 bits per heavy atom. The van der Waals surface area contributed by atoms with E-state index in [1.165, 1.54) is 21.1 Å². The molecule has 0 saturated heterocycles. The molecule has 0 fully saturated rings. The predicted octanol–water partition coefficient (Wildman–Crippen LogP) is 5.69. The van der Waals surface area contributed by atoms with Crippen molar-refractivity contribution in [2.75, 3.05) is 21.3 Å². The number of esters is 1. The lowest BCUT2D eigenvalue weighted by Crippen LogP contribution is -2.58. The Labute approximate surface area is 250 Å². The van der Waals surface area contributed by atoms with Gasteiger partial charge in [-0.2, -0.15) is 0 Å². The number of hydrogen-bond acceptors (Lipinski definition) is 8. The number of hydrogen-bond donors (Lipinski definition) is 1. The molecular weight excluding hydrogens is 548 g/mol. The SMILES string of the molecule is COC(=O)CC(c1ccccc1)[C@]1(c2ccc(OC)cc2)Oc2cc(OCc3ccccc3)cc(OC)c2[C@@](C)(O)C1=O. The van der Waals surface area contributed by atoms with Crippen molar-refractivity contribution < 1.29 is 38.4 Å². The van der Waals surface area contributed by atoms with Gasteiger partial charge in [0.2, 0.25) is 11.4 Å². The van der Waals surface area contributed by atoms with Crippen LogP contribution in [0.2, 0.25) is 0 Å². The molecule has 0 amide bonds. The van der Waals surface area contributed by atoms with E-state index in [4.69, 9.17) is 23.7 Å². The fourth-order valence-electron chi connectivity index (χ4n) is 5.70. The van der Waals surface area contributed by atoms with Crippen LogP contribution < -0.4 is 18.9 Å². The van der Waals surface area contributed by atoms with Gasteiger partial charge in [-0.15, -0.1) is 0 Å². The van der Waals surface area contributed by atoms with Crippen LogP contribution in [0.15, 0.2) is 97.1 Å². The normalized spacial score (nSPS) is 19.9. The Morgan fingerprint density at radius 1 is 0.860 bits per heavy atom. The molecule has 1 aliphatic rings. The number of carbonyl (C=O) groups excluding carboxylic acids is 2. The third-order valence-corrected chi connectivity index (χ3v) is 7.85. The zero-order valence-electron chi connectivity index (χ0n) is 24.5. The lowest BCUT2D eigenvalue weighted by atomic mass is 9.66. The molecular formula is C35H34O8. The molecule has 0 radical (unpaired) electrons. The molecule has 0 bridgehead atoms. The van der Waals surface area contributed by atoms with Crippen LogP contribution in [0, 0.1) is 0 Å². The van der Waals surface area contributed by atoms with Crippen LogP contribution in [0.25, 0.3) is 0 Å². The van der Waals surface area contributed by atoms with Crippen molar-refractivity contribution in [1.29, 1.82) is 0 Å². The molecule has 43 heavy (non-hydrogen) atoms. The van der Waals surface area contributed by atoms with Gasteiger partial charge in [0.25, 0.3) is 0 Å². The van der Waals surface area contributed by atoms with Gasteiger partial charge in [0.15, 0.2) is 5.60 Å². The zero-order chi connectivity index (χ0) is 30.6. The summed E-state index contributed by atoms with van der Waals surface area (Å²) in [5.41, 5.74) is -1.74. The summed E-state index contributed by atoms with van der Waals surface area (Å²) in [6.07, 6.45) is -0.203. The van der Waals surface area contributed by atoms with Crippen LogP contribution in [0.3, 0.4) is 0 Å². The molecule has 0 saturated carbocycles. The molecule has 8 nitrogen and oxygen atoms in total. The summed E-state index contributed by atoms with van der Waals surface area (Å²) in [4.78, 5) is 27.7. The van der Waals surface area contributed by atoms with Crippen molar-refractivity contribution >= 4 is 11.8 Å². The Bertz CT molecular complexity index is 1580. The lowest BCUT2D eigenvalue weighted by Gasteiger charge is -2.47. The molecule has 8 heteroatoms. The number of fused-ring (bicyclic) bond motifs is 1. The van der Waals surface area contributed by atoms with Crippen molar-refractivity contribution in [2.24, 2.45) is 0 Å². The second kappa shape index (κ2) is 12.2. The van der Waals surface area contributed by atoms with Crippen LogP contribution in [-0.2, 0) is 32.1 Å². The molecule has 0 aromatic heterocycles. The molecule has 1 aliphatic heterocycles. The first kappa shape index (κ1) is 29.7. The maximum atomic E-state index is 14.8. The molecule has 1 unspecified atom stereocenters. The van der Waals surface area contributed by atoms with E-state index in [9.17, 15) is 14.7 Å². The minimum atomic E-state index is -2.08. The summed E-state index contributed by atoms with van der Waals surface area (Å²) in [6, 6.07) is 28.9. The van der Waals surface area contributed by atoms with Crippen LogP contribution in [0.5, 0.6) is 23.0 Å². The topological polar surface area (TPSA) is 101 Å². The zero-order valence-corrected chi connectivity index (χ0v) is 24.5. The maximum absolute atomic E-state index is 14.8. The van der Waals surface area contributed by atoms with Gasteiger partial charge < -0.3 is 28.8 Å². The summed E-state index contributed by atoms with van der Waals surface area (Å²) in [5, 5.41) is 12.1. The van der Waals surface area contributed by atoms with Gasteiger partial charge in [-0.3, -0.25) is 9.59 Å². The minimum absolute atomic E-state index is 0.168. The maximum Gasteiger partial charge on any atom is 0.306 e. The van der Waals surface area contributed by atoms with Crippen molar-refractivity contribution in [3.8, 4) is 23.0 Å². The van der Waals surface area contributed by atoms with Crippen molar-refractivity contribution in [3.05, 3.63) is 119 Å². The highest BCUT2D eigenvalue weighted by atomic mass is 16.5. The Balaban J connectivity index is 1.73. The van der Waals surface area contributed by atoms with E-state index in [1.807, 2.05) is 60.7 Å². The molecule has 1 heterocycles. The molecule has 4 aromatic carbocycles. The summed E-state index contributed by atoms with van der Waals surface area (Å²) in [5.74, 6) is -0.691. The van der Waals surface area contributed by atoms with E-state index >= 15 is 0 Å². The highest BCUT2D eigenvalue weighted by Crippen LogP contribution is 2.55. The molecule has 5 rings (SSSR count). The first-order valence-corrected chi connectivity index (χ1v) is 13.9. The number of ketones is 1. The van der Waals surface area contributed by atoms with Crippen LogP contribution in [-0.4, -0.2) is 38.2 Å². The third kappa shape index (κ3) is 5.53. The van der Waals surface area contributed by atoms with Crippen LogP contribution in [0.1, 0.15) is 41.5 Å². The van der Waals surface area contributed by atoms with Crippen molar-refractivity contribution in [2.45, 2.75) is 37.1 Å². The number of ether oxygens (including phenoxy) is 5. The molecule has 4 aromatic rings.